The first-order valence-electron chi connectivity index (χ1n) is 11.2. The number of methoxy groups -OCH3 is 1. The van der Waals surface area contributed by atoms with E-state index in [1.807, 2.05) is 4.90 Å². The Labute approximate surface area is 201 Å². The van der Waals surface area contributed by atoms with Crippen molar-refractivity contribution in [2.75, 3.05) is 12.0 Å². The number of allylic oxidation sites excluding steroid dienone is 1. The number of amides is 1. The minimum atomic E-state index is -0.680. The van der Waals surface area contributed by atoms with Crippen LogP contribution in [0.1, 0.15) is 36.1 Å². The first-order valence-corrected chi connectivity index (χ1v) is 11.2. The molecule has 0 radical (unpaired) electrons. The zero-order chi connectivity index (χ0) is 24.7. The highest BCUT2D eigenvalue weighted by atomic mass is 19.1. The predicted octanol–water partition coefficient (Wildman–Crippen LogP) is 4.57. The molecule has 2 heterocycles. The number of halogens is 2. The third kappa shape index (κ3) is 4.27. The van der Waals surface area contributed by atoms with Gasteiger partial charge in [0.15, 0.2) is 0 Å². The van der Waals surface area contributed by atoms with Crippen molar-refractivity contribution in [3.8, 4) is 5.88 Å². The van der Waals surface area contributed by atoms with Crippen LogP contribution in [0.4, 0.5) is 14.5 Å². The summed E-state index contributed by atoms with van der Waals surface area (Å²) in [6.45, 7) is 2.00. The summed E-state index contributed by atoms with van der Waals surface area (Å²) in [7, 11) is 1.52. The third-order valence-corrected chi connectivity index (χ3v) is 6.51. The Kier molecular flexibility index (Phi) is 5.80. The first kappa shape index (κ1) is 22.7. The average Bonchev–Trinajstić information content (AvgIpc) is 3.58. The zero-order valence-corrected chi connectivity index (χ0v) is 19.2. The fraction of sp³-hybridized carbons (Fsp3) is 0.222. The molecule has 1 N–H and O–H groups in total. The van der Waals surface area contributed by atoms with Gasteiger partial charge in [-0.3, -0.25) is 9.59 Å². The van der Waals surface area contributed by atoms with Gasteiger partial charge in [-0.25, -0.2) is 13.8 Å². The number of pyridine rings is 1. The van der Waals surface area contributed by atoms with Crippen molar-refractivity contribution in [1.82, 2.24) is 10.3 Å². The van der Waals surface area contributed by atoms with Crippen LogP contribution < -0.4 is 15.0 Å². The lowest BCUT2D eigenvalue weighted by atomic mass is 9.91. The second-order valence-electron chi connectivity index (χ2n) is 8.65. The Morgan fingerprint density at radius 3 is 2.60 bits per heavy atom. The van der Waals surface area contributed by atoms with Gasteiger partial charge in [0.1, 0.15) is 17.4 Å². The molecule has 178 valence electrons. The second kappa shape index (κ2) is 8.94. The zero-order valence-electron chi connectivity index (χ0n) is 19.2. The van der Waals surface area contributed by atoms with E-state index in [1.165, 1.54) is 25.3 Å². The van der Waals surface area contributed by atoms with Gasteiger partial charge < -0.3 is 15.0 Å². The molecule has 1 amide bonds. The molecule has 1 unspecified atom stereocenters. The Balaban J connectivity index is 1.56. The summed E-state index contributed by atoms with van der Waals surface area (Å²) >= 11 is 0. The lowest BCUT2D eigenvalue weighted by molar-refractivity contribution is -0.116. The molecule has 2 aromatic carbocycles. The highest BCUT2D eigenvalue weighted by molar-refractivity contribution is 6.22. The number of fused-ring (bicyclic) bond motifs is 1. The first-order chi connectivity index (χ1) is 16.9. The van der Waals surface area contributed by atoms with Crippen molar-refractivity contribution < 1.29 is 23.1 Å². The van der Waals surface area contributed by atoms with E-state index in [2.05, 4.69) is 10.3 Å². The minimum Gasteiger partial charge on any atom is -0.481 e. The van der Waals surface area contributed by atoms with Crippen LogP contribution in [0.15, 0.2) is 66.5 Å². The Morgan fingerprint density at radius 2 is 1.94 bits per heavy atom. The van der Waals surface area contributed by atoms with Crippen molar-refractivity contribution >= 4 is 23.0 Å². The number of nitrogens with zero attached hydrogens (tertiary/aromatic N) is 2. The summed E-state index contributed by atoms with van der Waals surface area (Å²) in [5.41, 5.74) is 2.94. The number of rotatable bonds is 6. The monoisotopic (exact) mass is 475 g/mol. The molecule has 2 atom stereocenters. The number of anilines is 1. The fourth-order valence-electron chi connectivity index (χ4n) is 4.58. The van der Waals surface area contributed by atoms with Crippen LogP contribution in [0.2, 0.25) is 0 Å². The minimum absolute atomic E-state index is 0.00582. The summed E-state index contributed by atoms with van der Waals surface area (Å²) in [4.78, 5) is 31.8. The Hall–Kier alpha value is -4.07. The second-order valence-corrected chi connectivity index (χ2v) is 8.65. The number of nitrogens with one attached hydrogen (secondary N) is 1. The molecule has 8 heteroatoms. The summed E-state index contributed by atoms with van der Waals surface area (Å²) in [6.07, 6.45) is 1.91. The van der Waals surface area contributed by atoms with Crippen LogP contribution in [-0.2, 0) is 16.1 Å². The molecule has 1 saturated carbocycles. The van der Waals surface area contributed by atoms with Crippen molar-refractivity contribution in [2.24, 2.45) is 5.92 Å². The van der Waals surface area contributed by atoms with Crippen molar-refractivity contribution in [3.63, 3.8) is 0 Å². The van der Waals surface area contributed by atoms with Crippen LogP contribution >= 0.6 is 0 Å². The number of ketones is 1. The van der Waals surface area contributed by atoms with Gasteiger partial charge >= 0.3 is 0 Å². The lowest BCUT2D eigenvalue weighted by Crippen LogP contribution is -2.36. The van der Waals surface area contributed by atoms with Gasteiger partial charge in [-0.2, -0.15) is 0 Å². The van der Waals surface area contributed by atoms with Crippen LogP contribution in [0.3, 0.4) is 0 Å². The Bertz CT molecular complexity index is 1350. The molecule has 6 nitrogen and oxygen atoms in total. The highest BCUT2D eigenvalue weighted by Gasteiger charge is 2.44. The largest absolute Gasteiger partial charge is 0.481 e. The number of Topliss-reactive ketones (excluding diaryl/α,β-unsaturated/α-hetero) is 1. The molecular weight excluding hydrogens is 452 g/mol. The fourth-order valence-corrected chi connectivity index (χ4v) is 4.58. The molecular formula is C27H23F2N3O3. The van der Waals surface area contributed by atoms with E-state index < -0.39 is 29.5 Å². The van der Waals surface area contributed by atoms with E-state index in [9.17, 15) is 18.4 Å². The van der Waals surface area contributed by atoms with Gasteiger partial charge in [-0.05, 0) is 42.3 Å². The van der Waals surface area contributed by atoms with Gasteiger partial charge in [0.2, 0.25) is 5.88 Å². The van der Waals surface area contributed by atoms with Crippen LogP contribution in [-0.4, -0.2) is 23.8 Å². The van der Waals surface area contributed by atoms with Gasteiger partial charge in [-0.15, -0.1) is 0 Å². The van der Waals surface area contributed by atoms with E-state index >= 15 is 0 Å². The maximum atomic E-state index is 14.9. The van der Waals surface area contributed by atoms with Crippen molar-refractivity contribution in [2.45, 2.75) is 25.9 Å². The summed E-state index contributed by atoms with van der Waals surface area (Å²) in [5.74, 6) is -1.32. The maximum Gasteiger partial charge on any atom is 0.254 e. The van der Waals surface area contributed by atoms with E-state index in [-0.39, 0.29) is 17.9 Å². The molecule has 1 aromatic heterocycles. The van der Waals surface area contributed by atoms with Gasteiger partial charge in [0.25, 0.3) is 5.91 Å². The van der Waals surface area contributed by atoms with Crippen LogP contribution in [0.25, 0.3) is 5.57 Å². The van der Waals surface area contributed by atoms with Gasteiger partial charge in [0, 0.05) is 29.7 Å². The molecule has 1 aliphatic carbocycles. The van der Waals surface area contributed by atoms with Crippen molar-refractivity contribution in [1.29, 1.82) is 0 Å². The van der Waals surface area contributed by atoms with E-state index in [0.717, 1.165) is 0 Å². The normalized spacial score (nSPS) is 17.7. The quantitative estimate of drug-likeness (QED) is 0.566. The average molecular weight is 475 g/mol. The molecule has 5 rings (SSSR count). The van der Waals surface area contributed by atoms with E-state index in [4.69, 9.17) is 4.74 Å². The SMILES string of the molecule is COc1ccc(N2Cc3c(F)cccc3C(C(=O)N[C@H](c3cccc(F)c3)C3CC3=O)=C2C)cn1. The molecule has 0 spiro atoms. The Morgan fingerprint density at radius 1 is 1.17 bits per heavy atom. The van der Waals surface area contributed by atoms with Gasteiger partial charge in [0.05, 0.1) is 37.2 Å². The maximum absolute atomic E-state index is 14.9. The smallest absolute Gasteiger partial charge is 0.254 e. The number of carbonyl (C=O) groups excluding carboxylic acids is 2. The molecule has 0 saturated heterocycles. The summed E-state index contributed by atoms with van der Waals surface area (Å²) < 4.78 is 34.0. The van der Waals surface area contributed by atoms with Crippen molar-refractivity contribution in [3.05, 3.63) is 94.8 Å². The third-order valence-electron chi connectivity index (χ3n) is 6.51. The molecule has 35 heavy (non-hydrogen) atoms. The summed E-state index contributed by atoms with van der Waals surface area (Å²) in [6, 6.07) is 13.3. The number of carbonyl (C=O) groups is 2. The van der Waals surface area contributed by atoms with Crippen LogP contribution in [0.5, 0.6) is 5.88 Å². The number of hydrogen-bond acceptors (Lipinski definition) is 5. The standard InChI is InChI=1S/C27H23F2N3O3/c1-15-25(27(34)31-26(20-12-23(20)33)16-5-3-6-17(28)11-16)19-7-4-8-22(29)21(19)14-32(15)18-9-10-24(35-2)30-13-18/h3-11,13,20,26H,12,14H2,1-2H3,(H,31,34)/t20?,26-/m1/s1. The molecule has 2 aliphatic rings. The molecule has 3 aromatic rings. The van der Waals surface area contributed by atoms with Crippen LogP contribution in [0, 0.1) is 17.6 Å². The van der Waals surface area contributed by atoms with E-state index in [1.54, 1.807) is 49.5 Å². The summed E-state index contributed by atoms with van der Waals surface area (Å²) in [5, 5.41) is 2.93. The molecule has 1 aliphatic heterocycles. The van der Waals surface area contributed by atoms with Gasteiger partial charge in [-0.1, -0.05) is 24.3 Å². The number of aromatic nitrogens is 1. The predicted molar refractivity (Wildman–Crippen MR) is 126 cm³/mol. The topological polar surface area (TPSA) is 71.5 Å². The molecule has 0 bridgehead atoms. The number of benzene rings is 2. The number of hydrogen-bond donors (Lipinski definition) is 1. The highest BCUT2D eigenvalue weighted by Crippen LogP contribution is 2.40. The lowest BCUT2D eigenvalue weighted by Gasteiger charge is -2.34. The van der Waals surface area contributed by atoms with E-state index in [0.29, 0.717) is 40.4 Å². The molecule has 1 fully saturated rings. The number of ether oxygens (including phenoxy) is 1.